The summed E-state index contributed by atoms with van der Waals surface area (Å²) in [6.07, 6.45) is 1.74. The van der Waals surface area contributed by atoms with E-state index in [-0.39, 0.29) is 21.4 Å². The molecule has 1 aliphatic heterocycles. The molecule has 0 radical (unpaired) electrons. The van der Waals surface area contributed by atoms with Crippen molar-refractivity contribution in [3.8, 4) is 0 Å². The Morgan fingerprint density at radius 1 is 1.19 bits per heavy atom. The Morgan fingerprint density at radius 2 is 1.94 bits per heavy atom. The average molecular weight is 479 g/mol. The van der Waals surface area contributed by atoms with Gasteiger partial charge in [0.15, 0.2) is 6.61 Å². The quantitative estimate of drug-likeness (QED) is 0.629. The Bertz CT molecular complexity index is 1130. The molecule has 1 aliphatic rings. The first-order chi connectivity index (χ1) is 15.1. The Kier molecular flexibility index (Phi) is 7.59. The third kappa shape index (κ3) is 5.68. The number of nitrogens with one attached hydrogen (secondary N) is 1. The number of aryl methyl sites for hydroxylation is 2. The molecule has 172 valence electrons. The Hall–Kier alpha value is -2.42. The molecule has 3 rings (SSSR count). The smallest absolute Gasteiger partial charge is 0.338 e. The van der Waals surface area contributed by atoms with Crippen LogP contribution in [0.15, 0.2) is 41.3 Å². The molecular weight excluding hydrogens is 452 g/mol. The maximum absolute atomic E-state index is 13.1. The summed E-state index contributed by atoms with van der Waals surface area (Å²) in [6, 6.07) is 9.59. The number of ether oxygens (including phenoxy) is 1. The number of carbonyl (C=O) groups is 2. The molecule has 1 heterocycles. The molecule has 1 fully saturated rings. The number of rotatable bonds is 6. The maximum atomic E-state index is 13.1. The zero-order valence-corrected chi connectivity index (χ0v) is 19.9. The second-order valence-corrected chi connectivity index (χ2v) is 10.5. The van der Waals surface area contributed by atoms with Crippen LogP contribution in [-0.2, 0) is 19.6 Å². The lowest BCUT2D eigenvalue weighted by Crippen LogP contribution is -2.39. The van der Waals surface area contributed by atoms with Crippen LogP contribution in [0, 0.1) is 19.8 Å². The van der Waals surface area contributed by atoms with Crippen LogP contribution in [0.5, 0.6) is 0 Å². The van der Waals surface area contributed by atoms with E-state index in [1.807, 2.05) is 39.0 Å². The zero-order chi connectivity index (χ0) is 23.5. The number of sulfonamides is 1. The molecule has 0 saturated carbocycles. The van der Waals surface area contributed by atoms with Gasteiger partial charge in [0.1, 0.15) is 4.90 Å². The van der Waals surface area contributed by atoms with Gasteiger partial charge in [-0.3, -0.25) is 4.79 Å². The van der Waals surface area contributed by atoms with E-state index in [2.05, 4.69) is 5.32 Å². The highest BCUT2D eigenvalue weighted by Crippen LogP contribution is 2.29. The maximum Gasteiger partial charge on any atom is 0.338 e. The molecule has 1 atom stereocenters. The summed E-state index contributed by atoms with van der Waals surface area (Å²) in [7, 11) is -3.85. The molecule has 2 aromatic carbocycles. The van der Waals surface area contributed by atoms with Crippen LogP contribution in [0.4, 0.5) is 5.69 Å². The number of amides is 1. The number of hydrogen-bond donors (Lipinski definition) is 1. The van der Waals surface area contributed by atoms with Crippen molar-refractivity contribution in [3.63, 3.8) is 0 Å². The van der Waals surface area contributed by atoms with E-state index < -0.39 is 28.5 Å². The lowest BCUT2D eigenvalue weighted by molar-refractivity contribution is -0.119. The van der Waals surface area contributed by atoms with E-state index in [1.165, 1.54) is 22.5 Å². The molecule has 0 bridgehead atoms. The minimum atomic E-state index is -3.85. The SMILES string of the molecule is Cc1ccc(C)c(NC(=O)COC(=O)c2ccc(Cl)c(S(=O)(=O)N3CCCC(C)C3)c2)c1. The molecule has 9 heteroatoms. The normalized spacial score (nSPS) is 17.1. The summed E-state index contributed by atoms with van der Waals surface area (Å²) in [6.45, 7) is 6.09. The number of carbonyl (C=O) groups excluding carboxylic acids is 2. The number of hydrogen-bond acceptors (Lipinski definition) is 5. The van der Waals surface area contributed by atoms with Gasteiger partial charge in [-0.2, -0.15) is 4.31 Å². The molecule has 1 N–H and O–H groups in total. The third-order valence-corrected chi connectivity index (χ3v) is 7.75. The molecule has 32 heavy (non-hydrogen) atoms. The summed E-state index contributed by atoms with van der Waals surface area (Å²) >= 11 is 6.16. The Morgan fingerprint density at radius 3 is 2.66 bits per heavy atom. The van der Waals surface area contributed by atoms with Crippen molar-refractivity contribution in [2.75, 3.05) is 25.0 Å². The van der Waals surface area contributed by atoms with Crippen molar-refractivity contribution in [2.24, 2.45) is 5.92 Å². The lowest BCUT2D eigenvalue weighted by Gasteiger charge is -2.30. The highest BCUT2D eigenvalue weighted by molar-refractivity contribution is 7.89. The summed E-state index contributed by atoms with van der Waals surface area (Å²) in [5.41, 5.74) is 2.52. The minimum absolute atomic E-state index is 0.0116. The number of halogens is 1. The fourth-order valence-corrected chi connectivity index (χ4v) is 5.70. The van der Waals surface area contributed by atoms with Gasteiger partial charge < -0.3 is 10.1 Å². The van der Waals surface area contributed by atoms with Crippen LogP contribution in [-0.4, -0.2) is 44.3 Å². The minimum Gasteiger partial charge on any atom is -0.452 e. The highest BCUT2D eigenvalue weighted by Gasteiger charge is 2.31. The first-order valence-electron chi connectivity index (χ1n) is 10.4. The van der Waals surface area contributed by atoms with Gasteiger partial charge in [0, 0.05) is 18.8 Å². The average Bonchev–Trinajstić information content (AvgIpc) is 2.75. The highest BCUT2D eigenvalue weighted by atomic mass is 35.5. The van der Waals surface area contributed by atoms with Crippen molar-refractivity contribution in [1.29, 1.82) is 0 Å². The monoisotopic (exact) mass is 478 g/mol. The molecule has 1 amide bonds. The largest absolute Gasteiger partial charge is 0.452 e. The third-order valence-electron chi connectivity index (χ3n) is 5.41. The van der Waals surface area contributed by atoms with Crippen LogP contribution in [0.1, 0.15) is 41.3 Å². The molecule has 0 aliphatic carbocycles. The van der Waals surface area contributed by atoms with Crippen molar-refractivity contribution < 1.29 is 22.7 Å². The number of benzene rings is 2. The van der Waals surface area contributed by atoms with Gasteiger partial charge >= 0.3 is 5.97 Å². The number of nitrogens with zero attached hydrogens (tertiary/aromatic N) is 1. The summed E-state index contributed by atoms with van der Waals surface area (Å²) in [4.78, 5) is 24.6. The Balaban J connectivity index is 1.69. The first kappa shape index (κ1) is 24.2. The van der Waals surface area contributed by atoms with E-state index in [1.54, 1.807) is 0 Å². The van der Waals surface area contributed by atoms with E-state index >= 15 is 0 Å². The zero-order valence-electron chi connectivity index (χ0n) is 18.4. The second kappa shape index (κ2) is 10.0. The van der Waals surface area contributed by atoms with Gasteiger partial charge in [-0.1, -0.05) is 30.7 Å². The Labute approximate surface area is 193 Å². The van der Waals surface area contributed by atoms with Crippen molar-refractivity contribution >= 4 is 39.2 Å². The van der Waals surface area contributed by atoms with Crippen molar-refractivity contribution in [2.45, 2.75) is 38.5 Å². The van der Waals surface area contributed by atoms with Crippen LogP contribution in [0.2, 0.25) is 5.02 Å². The molecule has 1 unspecified atom stereocenters. The van der Waals surface area contributed by atoms with Gasteiger partial charge in [-0.05, 0) is 68.0 Å². The van der Waals surface area contributed by atoms with Gasteiger partial charge in [0.2, 0.25) is 10.0 Å². The van der Waals surface area contributed by atoms with E-state index in [0.717, 1.165) is 24.0 Å². The molecule has 0 spiro atoms. The molecule has 7 nitrogen and oxygen atoms in total. The fraction of sp³-hybridized carbons (Fsp3) is 0.391. The standard InChI is InChI=1S/C23H27ClN2O5S/c1-15-6-7-17(3)20(11-15)25-22(27)14-31-23(28)18-8-9-19(24)21(12-18)32(29,30)26-10-4-5-16(2)13-26/h6-9,11-12,16H,4-5,10,13-14H2,1-3H3,(H,25,27). The van der Waals surface area contributed by atoms with Gasteiger partial charge in [-0.15, -0.1) is 0 Å². The molecule has 1 saturated heterocycles. The van der Waals surface area contributed by atoms with Gasteiger partial charge in [0.25, 0.3) is 5.91 Å². The van der Waals surface area contributed by atoms with E-state index in [0.29, 0.717) is 18.8 Å². The van der Waals surface area contributed by atoms with Crippen LogP contribution in [0.25, 0.3) is 0 Å². The summed E-state index contributed by atoms with van der Waals surface area (Å²) in [5, 5.41) is 2.74. The van der Waals surface area contributed by atoms with Crippen molar-refractivity contribution in [3.05, 3.63) is 58.1 Å². The van der Waals surface area contributed by atoms with Crippen LogP contribution >= 0.6 is 11.6 Å². The van der Waals surface area contributed by atoms with E-state index in [9.17, 15) is 18.0 Å². The van der Waals surface area contributed by atoms with Gasteiger partial charge in [0.05, 0.1) is 10.6 Å². The van der Waals surface area contributed by atoms with E-state index in [4.69, 9.17) is 16.3 Å². The predicted molar refractivity (Wildman–Crippen MR) is 123 cm³/mol. The molecule has 2 aromatic rings. The lowest BCUT2D eigenvalue weighted by atomic mass is 10.0. The predicted octanol–water partition coefficient (Wildman–Crippen LogP) is 4.17. The summed E-state index contributed by atoms with van der Waals surface area (Å²) in [5.74, 6) is -1.04. The van der Waals surface area contributed by atoms with Crippen molar-refractivity contribution in [1.82, 2.24) is 4.31 Å². The second-order valence-electron chi connectivity index (χ2n) is 8.20. The molecule has 0 aromatic heterocycles. The number of esters is 1. The number of piperidine rings is 1. The molecular formula is C23H27ClN2O5S. The number of anilines is 1. The van der Waals surface area contributed by atoms with Crippen LogP contribution in [0.3, 0.4) is 0 Å². The van der Waals surface area contributed by atoms with Gasteiger partial charge in [-0.25, -0.2) is 13.2 Å². The first-order valence-corrected chi connectivity index (χ1v) is 12.2. The fourth-order valence-electron chi connectivity index (χ4n) is 3.60. The topological polar surface area (TPSA) is 92.8 Å². The summed E-state index contributed by atoms with van der Waals surface area (Å²) < 4.78 is 32.7. The van der Waals surface area contributed by atoms with Crippen LogP contribution < -0.4 is 5.32 Å².